The Hall–Kier alpha value is -1.06. The van der Waals surface area contributed by atoms with E-state index in [4.69, 9.17) is 4.74 Å². The Labute approximate surface area is 124 Å². The van der Waals surface area contributed by atoms with Crippen LogP contribution in [0.25, 0.3) is 0 Å². The molecule has 0 aliphatic carbocycles. The molecule has 20 heavy (non-hydrogen) atoms. The van der Waals surface area contributed by atoms with E-state index in [1.807, 2.05) is 6.07 Å². The molecule has 1 atom stereocenters. The van der Waals surface area contributed by atoms with Gasteiger partial charge in [0.1, 0.15) is 5.75 Å². The number of ether oxygens (including phenoxy) is 1. The summed E-state index contributed by atoms with van der Waals surface area (Å²) in [6, 6.07) is 8.94. The fourth-order valence-electron chi connectivity index (χ4n) is 2.32. The molecule has 0 radical (unpaired) electrons. The van der Waals surface area contributed by atoms with E-state index in [9.17, 15) is 0 Å². The summed E-state index contributed by atoms with van der Waals surface area (Å²) in [4.78, 5) is 2.38. The first kappa shape index (κ1) is 17.0. The number of benzene rings is 1. The average Bonchev–Trinajstić information content (AvgIpc) is 2.45. The highest BCUT2D eigenvalue weighted by atomic mass is 16.5. The molecule has 0 saturated carbocycles. The van der Waals surface area contributed by atoms with Crippen LogP contribution < -0.4 is 10.1 Å². The second-order valence-electron chi connectivity index (χ2n) is 5.59. The lowest BCUT2D eigenvalue weighted by atomic mass is 10.1. The van der Waals surface area contributed by atoms with Gasteiger partial charge in [0.25, 0.3) is 0 Å². The molecule has 3 nitrogen and oxygen atoms in total. The summed E-state index contributed by atoms with van der Waals surface area (Å²) in [6.07, 6.45) is 3.68. The largest absolute Gasteiger partial charge is 0.497 e. The summed E-state index contributed by atoms with van der Waals surface area (Å²) in [5.74, 6) is 0.938. The SMILES string of the molecule is CCCNC(C)CCCN(C)Cc1cccc(OC)c1. The first-order valence-corrected chi connectivity index (χ1v) is 7.70. The van der Waals surface area contributed by atoms with E-state index < -0.39 is 0 Å². The number of hydrogen-bond donors (Lipinski definition) is 1. The predicted molar refractivity (Wildman–Crippen MR) is 86.3 cm³/mol. The molecule has 0 aromatic heterocycles. The lowest BCUT2D eigenvalue weighted by molar-refractivity contribution is 0.310. The number of rotatable bonds is 10. The van der Waals surface area contributed by atoms with Crippen molar-refractivity contribution in [2.45, 2.75) is 45.7 Å². The third-order valence-electron chi connectivity index (χ3n) is 3.51. The summed E-state index contributed by atoms with van der Waals surface area (Å²) >= 11 is 0. The minimum absolute atomic E-state index is 0.625. The summed E-state index contributed by atoms with van der Waals surface area (Å²) in [6.45, 7) is 7.73. The van der Waals surface area contributed by atoms with E-state index in [0.717, 1.165) is 25.4 Å². The molecule has 0 aliphatic heterocycles. The first-order chi connectivity index (χ1) is 9.65. The van der Waals surface area contributed by atoms with Gasteiger partial charge in [-0.3, -0.25) is 0 Å². The molecule has 0 spiro atoms. The zero-order valence-corrected chi connectivity index (χ0v) is 13.5. The Balaban J connectivity index is 2.24. The first-order valence-electron chi connectivity index (χ1n) is 7.70. The van der Waals surface area contributed by atoms with Crippen LogP contribution in [0, 0.1) is 0 Å². The summed E-state index contributed by atoms with van der Waals surface area (Å²) in [5, 5.41) is 3.54. The molecule has 1 N–H and O–H groups in total. The maximum absolute atomic E-state index is 5.26. The highest BCUT2D eigenvalue weighted by Gasteiger charge is 2.04. The van der Waals surface area contributed by atoms with Crippen molar-refractivity contribution < 1.29 is 4.74 Å². The predicted octanol–water partition coefficient (Wildman–Crippen LogP) is 3.30. The smallest absolute Gasteiger partial charge is 0.119 e. The Morgan fingerprint density at radius 2 is 2.15 bits per heavy atom. The molecule has 1 unspecified atom stereocenters. The van der Waals surface area contributed by atoms with Gasteiger partial charge in [0.05, 0.1) is 7.11 Å². The molecular formula is C17H30N2O. The zero-order valence-electron chi connectivity index (χ0n) is 13.5. The van der Waals surface area contributed by atoms with Crippen molar-refractivity contribution in [1.82, 2.24) is 10.2 Å². The minimum atomic E-state index is 0.625. The number of methoxy groups -OCH3 is 1. The van der Waals surface area contributed by atoms with Crippen LogP contribution in [-0.4, -0.2) is 38.2 Å². The van der Waals surface area contributed by atoms with Crippen LogP contribution in [0.3, 0.4) is 0 Å². The molecule has 0 saturated heterocycles. The lowest BCUT2D eigenvalue weighted by Gasteiger charge is -2.19. The van der Waals surface area contributed by atoms with E-state index in [1.54, 1.807) is 7.11 Å². The van der Waals surface area contributed by atoms with Crippen molar-refractivity contribution in [1.29, 1.82) is 0 Å². The van der Waals surface area contributed by atoms with Crippen molar-refractivity contribution in [3.05, 3.63) is 29.8 Å². The van der Waals surface area contributed by atoms with Gasteiger partial charge in [0, 0.05) is 12.6 Å². The van der Waals surface area contributed by atoms with Crippen molar-refractivity contribution >= 4 is 0 Å². The van der Waals surface area contributed by atoms with E-state index in [-0.39, 0.29) is 0 Å². The number of hydrogen-bond acceptors (Lipinski definition) is 3. The van der Waals surface area contributed by atoms with Gasteiger partial charge in [-0.1, -0.05) is 19.1 Å². The standard InChI is InChI=1S/C17H30N2O/c1-5-11-18-15(2)8-7-12-19(3)14-16-9-6-10-17(13-16)20-4/h6,9-10,13,15,18H,5,7-8,11-12,14H2,1-4H3. The summed E-state index contributed by atoms with van der Waals surface area (Å²) in [7, 11) is 3.90. The molecule has 0 aliphatic rings. The Kier molecular flexibility index (Phi) is 8.31. The fourth-order valence-corrected chi connectivity index (χ4v) is 2.32. The summed E-state index contributed by atoms with van der Waals surface area (Å²) < 4.78 is 5.26. The Morgan fingerprint density at radius 1 is 1.35 bits per heavy atom. The molecule has 0 bridgehead atoms. The normalized spacial score (nSPS) is 12.7. The van der Waals surface area contributed by atoms with Crippen LogP contribution in [-0.2, 0) is 6.54 Å². The van der Waals surface area contributed by atoms with Gasteiger partial charge in [-0.2, -0.15) is 0 Å². The van der Waals surface area contributed by atoms with Crippen molar-refractivity contribution in [2.75, 3.05) is 27.2 Å². The maximum Gasteiger partial charge on any atom is 0.119 e. The number of nitrogens with zero attached hydrogens (tertiary/aromatic N) is 1. The van der Waals surface area contributed by atoms with E-state index in [0.29, 0.717) is 6.04 Å². The van der Waals surface area contributed by atoms with E-state index in [1.165, 1.54) is 24.8 Å². The third-order valence-corrected chi connectivity index (χ3v) is 3.51. The second-order valence-corrected chi connectivity index (χ2v) is 5.59. The minimum Gasteiger partial charge on any atom is -0.497 e. The van der Waals surface area contributed by atoms with Gasteiger partial charge < -0.3 is 15.0 Å². The fraction of sp³-hybridized carbons (Fsp3) is 0.647. The maximum atomic E-state index is 5.26. The van der Waals surface area contributed by atoms with E-state index >= 15 is 0 Å². The van der Waals surface area contributed by atoms with Crippen molar-refractivity contribution in [3.63, 3.8) is 0 Å². The summed E-state index contributed by atoms with van der Waals surface area (Å²) in [5.41, 5.74) is 1.31. The van der Waals surface area contributed by atoms with Gasteiger partial charge in [0.2, 0.25) is 0 Å². The molecule has 3 heteroatoms. The topological polar surface area (TPSA) is 24.5 Å². The third kappa shape index (κ3) is 6.92. The molecule has 0 fully saturated rings. The molecule has 0 heterocycles. The van der Waals surface area contributed by atoms with Crippen LogP contribution in [0.2, 0.25) is 0 Å². The highest BCUT2D eigenvalue weighted by Crippen LogP contribution is 2.14. The van der Waals surface area contributed by atoms with Crippen LogP contribution in [0.1, 0.15) is 38.7 Å². The Morgan fingerprint density at radius 3 is 2.85 bits per heavy atom. The average molecular weight is 278 g/mol. The highest BCUT2D eigenvalue weighted by molar-refractivity contribution is 5.28. The van der Waals surface area contributed by atoms with Crippen molar-refractivity contribution in [2.24, 2.45) is 0 Å². The second kappa shape index (κ2) is 9.78. The van der Waals surface area contributed by atoms with Crippen LogP contribution in [0.15, 0.2) is 24.3 Å². The Bertz CT molecular complexity index is 368. The van der Waals surface area contributed by atoms with Gasteiger partial charge in [0.15, 0.2) is 0 Å². The molecule has 1 aromatic carbocycles. The van der Waals surface area contributed by atoms with Gasteiger partial charge >= 0.3 is 0 Å². The molecular weight excluding hydrogens is 248 g/mol. The van der Waals surface area contributed by atoms with Crippen LogP contribution in [0.4, 0.5) is 0 Å². The van der Waals surface area contributed by atoms with Gasteiger partial charge in [-0.15, -0.1) is 0 Å². The molecule has 1 aromatic rings. The van der Waals surface area contributed by atoms with Crippen LogP contribution >= 0.6 is 0 Å². The number of nitrogens with one attached hydrogen (secondary N) is 1. The quantitative estimate of drug-likeness (QED) is 0.711. The van der Waals surface area contributed by atoms with Gasteiger partial charge in [-0.05, 0) is 64.0 Å². The van der Waals surface area contributed by atoms with E-state index in [2.05, 4.69) is 49.3 Å². The van der Waals surface area contributed by atoms with Crippen LogP contribution in [0.5, 0.6) is 5.75 Å². The lowest BCUT2D eigenvalue weighted by Crippen LogP contribution is -2.28. The monoisotopic (exact) mass is 278 g/mol. The zero-order chi connectivity index (χ0) is 14.8. The molecule has 1 rings (SSSR count). The molecule has 0 amide bonds. The van der Waals surface area contributed by atoms with Crippen molar-refractivity contribution in [3.8, 4) is 5.75 Å². The van der Waals surface area contributed by atoms with Gasteiger partial charge in [-0.25, -0.2) is 0 Å². The molecule has 114 valence electrons.